The van der Waals surface area contributed by atoms with Gasteiger partial charge >= 0.3 is 0 Å². The SMILES string of the molecule is ICC(CC/C=C/c1ccccc1)c1ccccc1. The van der Waals surface area contributed by atoms with E-state index in [1.54, 1.807) is 0 Å². The molecule has 0 heterocycles. The largest absolute Gasteiger partial charge is 0.0857 e. The van der Waals surface area contributed by atoms with Crippen LogP contribution >= 0.6 is 22.6 Å². The quantitative estimate of drug-likeness (QED) is 0.457. The number of hydrogen-bond donors (Lipinski definition) is 0. The lowest BCUT2D eigenvalue weighted by molar-refractivity contribution is 0.709. The molecule has 1 atom stereocenters. The highest BCUT2D eigenvalue weighted by Gasteiger charge is 2.07. The van der Waals surface area contributed by atoms with E-state index < -0.39 is 0 Å². The summed E-state index contributed by atoms with van der Waals surface area (Å²) < 4.78 is 1.18. The molecule has 0 saturated carbocycles. The number of benzene rings is 2. The zero-order valence-electron chi connectivity index (χ0n) is 11.0. The van der Waals surface area contributed by atoms with E-state index >= 15 is 0 Å². The number of hydrogen-bond acceptors (Lipinski definition) is 0. The van der Waals surface area contributed by atoms with E-state index in [0.717, 1.165) is 6.42 Å². The van der Waals surface area contributed by atoms with Crippen LogP contribution in [0.4, 0.5) is 0 Å². The maximum absolute atomic E-state index is 2.49. The minimum absolute atomic E-state index is 0.669. The summed E-state index contributed by atoms with van der Waals surface area (Å²) in [6, 6.07) is 21.3. The van der Waals surface area contributed by atoms with E-state index in [0.29, 0.717) is 5.92 Å². The zero-order valence-corrected chi connectivity index (χ0v) is 13.2. The highest BCUT2D eigenvalue weighted by molar-refractivity contribution is 14.1. The van der Waals surface area contributed by atoms with Crippen molar-refractivity contribution in [3.63, 3.8) is 0 Å². The second-order valence-corrected chi connectivity index (χ2v) is 5.53. The van der Waals surface area contributed by atoms with E-state index in [-0.39, 0.29) is 0 Å². The molecule has 98 valence electrons. The van der Waals surface area contributed by atoms with E-state index in [2.05, 4.69) is 95.4 Å². The summed E-state index contributed by atoms with van der Waals surface area (Å²) in [4.78, 5) is 0. The minimum Gasteiger partial charge on any atom is -0.0857 e. The fourth-order valence-electron chi connectivity index (χ4n) is 2.14. The fraction of sp³-hybridized carbons (Fsp3) is 0.222. The maximum Gasteiger partial charge on any atom is 0.00643 e. The van der Waals surface area contributed by atoms with Gasteiger partial charge < -0.3 is 0 Å². The average molecular weight is 362 g/mol. The first-order valence-electron chi connectivity index (χ1n) is 6.72. The molecule has 0 nitrogen and oxygen atoms in total. The van der Waals surface area contributed by atoms with E-state index in [9.17, 15) is 0 Å². The summed E-state index contributed by atoms with van der Waals surface area (Å²) in [6.07, 6.45) is 6.86. The van der Waals surface area contributed by atoms with Crippen molar-refractivity contribution < 1.29 is 0 Å². The molecule has 0 aliphatic rings. The molecule has 0 aliphatic carbocycles. The Kier molecular flexibility index (Phi) is 6.15. The van der Waals surface area contributed by atoms with Gasteiger partial charge in [0.1, 0.15) is 0 Å². The van der Waals surface area contributed by atoms with E-state index in [4.69, 9.17) is 0 Å². The van der Waals surface area contributed by atoms with Gasteiger partial charge in [0.05, 0.1) is 0 Å². The summed E-state index contributed by atoms with van der Waals surface area (Å²) in [5, 5.41) is 0. The maximum atomic E-state index is 2.49. The van der Waals surface area contributed by atoms with Crippen molar-refractivity contribution in [2.24, 2.45) is 0 Å². The van der Waals surface area contributed by atoms with Crippen LogP contribution in [0.2, 0.25) is 0 Å². The molecule has 2 rings (SSSR count). The Bertz CT molecular complexity index is 488. The highest BCUT2D eigenvalue weighted by Crippen LogP contribution is 2.23. The molecular formula is C18H19I. The standard InChI is InChI=1S/C18H19I/c19-15-18(17-12-5-2-6-13-17)14-8-7-11-16-9-3-1-4-10-16/h1-7,9-13,18H,8,14-15H2/b11-7+. The van der Waals surface area contributed by atoms with Crippen LogP contribution in [-0.2, 0) is 0 Å². The first-order chi connectivity index (χ1) is 9.40. The third kappa shape index (κ3) is 4.83. The number of rotatable bonds is 6. The molecule has 2 aromatic carbocycles. The lowest BCUT2D eigenvalue weighted by Gasteiger charge is -2.12. The Morgan fingerprint density at radius 1 is 0.895 bits per heavy atom. The van der Waals surface area contributed by atoms with Gasteiger partial charge in [-0.05, 0) is 29.9 Å². The predicted octanol–water partition coefficient (Wildman–Crippen LogP) is 5.70. The van der Waals surface area contributed by atoms with Crippen LogP contribution in [-0.4, -0.2) is 4.43 Å². The third-order valence-corrected chi connectivity index (χ3v) is 4.31. The second kappa shape index (κ2) is 8.16. The molecule has 0 bridgehead atoms. The van der Waals surface area contributed by atoms with Crippen molar-refractivity contribution >= 4 is 28.7 Å². The fourth-order valence-corrected chi connectivity index (χ4v) is 3.09. The van der Waals surface area contributed by atoms with E-state index in [1.807, 2.05) is 0 Å². The van der Waals surface area contributed by atoms with Crippen LogP contribution in [0.3, 0.4) is 0 Å². The van der Waals surface area contributed by atoms with Crippen LogP contribution in [0.5, 0.6) is 0 Å². The van der Waals surface area contributed by atoms with Crippen molar-refractivity contribution in [2.45, 2.75) is 18.8 Å². The molecule has 1 unspecified atom stereocenters. The third-order valence-electron chi connectivity index (χ3n) is 3.25. The van der Waals surface area contributed by atoms with Crippen molar-refractivity contribution in [1.29, 1.82) is 0 Å². The first-order valence-corrected chi connectivity index (χ1v) is 8.25. The van der Waals surface area contributed by atoms with Gasteiger partial charge in [0.25, 0.3) is 0 Å². The molecule has 0 spiro atoms. The highest BCUT2D eigenvalue weighted by atomic mass is 127. The smallest absolute Gasteiger partial charge is 0.00643 e. The number of allylic oxidation sites excluding steroid dienone is 1. The molecule has 1 heteroatoms. The van der Waals surface area contributed by atoms with E-state index in [1.165, 1.54) is 22.0 Å². The number of alkyl halides is 1. The first kappa shape index (κ1) is 14.3. The Balaban J connectivity index is 1.86. The summed E-state index contributed by atoms with van der Waals surface area (Å²) >= 11 is 2.49. The normalized spacial score (nSPS) is 12.7. The van der Waals surface area contributed by atoms with Gasteiger partial charge in [0.15, 0.2) is 0 Å². The monoisotopic (exact) mass is 362 g/mol. The van der Waals surface area contributed by atoms with Gasteiger partial charge in [-0.15, -0.1) is 0 Å². The zero-order chi connectivity index (χ0) is 13.3. The lowest BCUT2D eigenvalue weighted by Crippen LogP contribution is -1.99. The van der Waals surface area contributed by atoms with Crippen LogP contribution in [0.25, 0.3) is 6.08 Å². The predicted molar refractivity (Wildman–Crippen MR) is 92.8 cm³/mol. The van der Waals surface area contributed by atoms with Gasteiger partial charge in [-0.3, -0.25) is 0 Å². The Labute approximate surface area is 129 Å². The molecule has 2 aromatic rings. The Morgan fingerprint density at radius 2 is 1.53 bits per heavy atom. The molecular weight excluding hydrogens is 343 g/mol. The van der Waals surface area contributed by atoms with Crippen molar-refractivity contribution in [3.05, 3.63) is 77.9 Å². The molecule has 0 aliphatic heterocycles. The topological polar surface area (TPSA) is 0 Å². The Morgan fingerprint density at radius 3 is 2.16 bits per heavy atom. The summed E-state index contributed by atoms with van der Waals surface area (Å²) in [5.74, 6) is 0.669. The van der Waals surface area contributed by atoms with Crippen molar-refractivity contribution in [2.75, 3.05) is 4.43 Å². The van der Waals surface area contributed by atoms with Crippen molar-refractivity contribution in [1.82, 2.24) is 0 Å². The Hall–Kier alpha value is -1.09. The minimum atomic E-state index is 0.669. The summed E-state index contributed by atoms with van der Waals surface area (Å²) in [7, 11) is 0. The second-order valence-electron chi connectivity index (χ2n) is 4.65. The van der Waals surface area contributed by atoms with Crippen LogP contribution in [0.15, 0.2) is 66.7 Å². The summed E-state index contributed by atoms with van der Waals surface area (Å²) in [6.45, 7) is 0. The molecule has 0 fully saturated rings. The molecule has 0 aromatic heterocycles. The molecule has 0 amide bonds. The summed E-state index contributed by atoms with van der Waals surface area (Å²) in [5.41, 5.74) is 2.75. The van der Waals surface area contributed by atoms with Gasteiger partial charge in [-0.1, -0.05) is 95.4 Å². The molecule has 0 saturated heterocycles. The molecule has 0 radical (unpaired) electrons. The van der Waals surface area contributed by atoms with Crippen LogP contribution < -0.4 is 0 Å². The lowest BCUT2D eigenvalue weighted by atomic mass is 9.96. The molecule has 19 heavy (non-hydrogen) atoms. The van der Waals surface area contributed by atoms with Gasteiger partial charge in [0.2, 0.25) is 0 Å². The number of halogens is 1. The van der Waals surface area contributed by atoms with Crippen LogP contribution in [0, 0.1) is 0 Å². The van der Waals surface area contributed by atoms with Crippen molar-refractivity contribution in [3.8, 4) is 0 Å². The van der Waals surface area contributed by atoms with Gasteiger partial charge in [0, 0.05) is 4.43 Å². The average Bonchev–Trinajstić information content (AvgIpc) is 2.49. The molecule has 0 N–H and O–H groups in total. The van der Waals surface area contributed by atoms with Crippen LogP contribution in [0.1, 0.15) is 29.9 Å². The van der Waals surface area contributed by atoms with Gasteiger partial charge in [-0.25, -0.2) is 0 Å². The van der Waals surface area contributed by atoms with Gasteiger partial charge in [-0.2, -0.15) is 0 Å².